The molecule has 0 atom stereocenters. The molecule has 0 unspecified atom stereocenters. The smallest absolute Gasteiger partial charge is 0.261 e. The summed E-state index contributed by atoms with van der Waals surface area (Å²) in [7, 11) is -3.70. The van der Waals surface area contributed by atoms with Crippen molar-refractivity contribution >= 4 is 21.6 Å². The lowest BCUT2D eigenvalue weighted by Crippen LogP contribution is -2.27. The second-order valence-corrected chi connectivity index (χ2v) is 8.37. The van der Waals surface area contributed by atoms with Gasteiger partial charge < -0.3 is 5.32 Å². The normalized spacial score (nSPS) is 14.3. The zero-order valence-electron chi connectivity index (χ0n) is 15.4. The zero-order chi connectivity index (χ0) is 19.3. The molecule has 0 radical (unpaired) electrons. The molecule has 0 saturated heterocycles. The maximum absolute atomic E-state index is 12.6. The number of carbonyl (C=O) groups excluding carboxylic acids is 1. The van der Waals surface area contributed by atoms with Crippen molar-refractivity contribution in [2.24, 2.45) is 0 Å². The largest absolute Gasteiger partial charge is 0.348 e. The Labute approximate surface area is 160 Å². The summed E-state index contributed by atoms with van der Waals surface area (Å²) in [5.41, 5.74) is 2.74. The third-order valence-electron chi connectivity index (χ3n) is 4.74. The van der Waals surface area contributed by atoms with Gasteiger partial charge in [-0.15, -0.1) is 0 Å². The van der Waals surface area contributed by atoms with Crippen molar-refractivity contribution in [3.05, 3.63) is 71.3 Å². The first-order chi connectivity index (χ1) is 13.0. The molecule has 5 nitrogen and oxygen atoms in total. The molecule has 6 heteroatoms. The van der Waals surface area contributed by atoms with E-state index in [0.29, 0.717) is 23.4 Å². The molecule has 2 N–H and O–H groups in total. The molecule has 0 aliphatic heterocycles. The fourth-order valence-corrected chi connectivity index (χ4v) is 4.29. The Kier molecular flexibility index (Phi) is 5.96. The lowest BCUT2D eigenvalue weighted by Gasteiger charge is -2.16. The lowest BCUT2D eigenvalue weighted by atomic mass is 9.99. The van der Waals surface area contributed by atoms with Gasteiger partial charge in [0.25, 0.3) is 15.9 Å². The number of rotatable bonds is 6. The third kappa shape index (κ3) is 4.77. The Balaban J connectivity index is 1.75. The van der Waals surface area contributed by atoms with E-state index < -0.39 is 10.0 Å². The van der Waals surface area contributed by atoms with E-state index in [1.54, 1.807) is 43.3 Å². The molecule has 1 amide bonds. The van der Waals surface area contributed by atoms with Gasteiger partial charge in [-0.3, -0.25) is 9.52 Å². The summed E-state index contributed by atoms with van der Waals surface area (Å²) >= 11 is 0. The van der Waals surface area contributed by atoms with Crippen molar-refractivity contribution in [2.45, 2.75) is 37.5 Å². The van der Waals surface area contributed by atoms with Crippen molar-refractivity contribution in [3.8, 4) is 0 Å². The minimum Gasteiger partial charge on any atom is -0.348 e. The summed E-state index contributed by atoms with van der Waals surface area (Å²) in [6, 6.07) is 13.2. The lowest BCUT2D eigenvalue weighted by molar-refractivity contribution is 0.0956. The van der Waals surface area contributed by atoms with Gasteiger partial charge in [0.15, 0.2) is 0 Å². The molecule has 0 bridgehead atoms. The molecule has 27 heavy (non-hydrogen) atoms. The molecule has 3 rings (SSSR count). The Morgan fingerprint density at radius 3 is 2.52 bits per heavy atom. The van der Waals surface area contributed by atoms with Crippen molar-refractivity contribution in [2.75, 3.05) is 11.3 Å². The van der Waals surface area contributed by atoms with Gasteiger partial charge in [-0.05, 0) is 62.4 Å². The van der Waals surface area contributed by atoms with Crippen molar-refractivity contribution in [3.63, 3.8) is 0 Å². The summed E-state index contributed by atoms with van der Waals surface area (Å²) < 4.78 is 27.7. The van der Waals surface area contributed by atoms with Crippen LogP contribution in [0.15, 0.2) is 65.1 Å². The summed E-state index contributed by atoms with van der Waals surface area (Å²) in [5, 5.41) is 2.95. The second-order valence-electron chi connectivity index (χ2n) is 6.69. The average molecular weight is 385 g/mol. The zero-order valence-corrected chi connectivity index (χ0v) is 16.2. The summed E-state index contributed by atoms with van der Waals surface area (Å²) in [4.78, 5) is 12.8. The standard InChI is InChI=1S/C21H24N2O3S/c1-16-19(21(24)22-15-17-9-4-2-5-10-17)13-8-14-20(16)23-27(25,26)18-11-6-3-7-12-18/h3,6-9,11-14,23H,2,4-5,10,15H2,1H3,(H,22,24). The number of amides is 1. The van der Waals surface area contributed by atoms with Crippen LogP contribution in [0.2, 0.25) is 0 Å². The minimum absolute atomic E-state index is 0.184. The van der Waals surface area contributed by atoms with E-state index in [9.17, 15) is 13.2 Å². The quantitative estimate of drug-likeness (QED) is 0.739. The monoisotopic (exact) mass is 384 g/mol. The summed E-state index contributed by atoms with van der Waals surface area (Å²) in [5.74, 6) is -0.195. The highest BCUT2D eigenvalue weighted by molar-refractivity contribution is 7.92. The fourth-order valence-electron chi connectivity index (χ4n) is 3.15. The van der Waals surface area contributed by atoms with Crippen molar-refractivity contribution < 1.29 is 13.2 Å². The molecule has 2 aromatic carbocycles. The van der Waals surface area contributed by atoms with E-state index in [-0.39, 0.29) is 10.8 Å². The number of anilines is 1. The van der Waals surface area contributed by atoms with Gasteiger partial charge in [-0.25, -0.2) is 8.42 Å². The maximum atomic E-state index is 12.6. The fraction of sp³-hybridized carbons (Fsp3) is 0.286. The van der Waals surface area contributed by atoms with Crippen LogP contribution in [0.4, 0.5) is 5.69 Å². The van der Waals surface area contributed by atoms with Gasteiger partial charge in [0.2, 0.25) is 0 Å². The molecule has 142 valence electrons. The number of nitrogens with one attached hydrogen (secondary N) is 2. The topological polar surface area (TPSA) is 75.3 Å². The summed E-state index contributed by atoms with van der Waals surface area (Å²) in [6.45, 7) is 2.29. The van der Waals surface area contributed by atoms with Crippen LogP contribution >= 0.6 is 0 Å². The molecule has 1 aliphatic carbocycles. The van der Waals surface area contributed by atoms with Gasteiger partial charge in [0.05, 0.1) is 10.6 Å². The Bertz CT molecular complexity index is 951. The SMILES string of the molecule is Cc1c(NS(=O)(=O)c2ccccc2)cccc1C(=O)NCC1=CCCCC1. The van der Waals surface area contributed by atoms with Gasteiger partial charge >= 0.3 is 0 Å². The molecule has 0 heterocycles. The number of sulfonamides is 1. The number of hydrogen-bond donors (Lipinski definition) is 2. The Morgan fingerprint density at radius 2 is 1.81 bits per heavy atom. The summed E-state index contributed by atoms with van der Waals surface area (Å²) in [6.07, 6.45) is 6.66. The Morgan fingerprint density at radius 1 is 1.04 bits per heavy atom. The average Bonchev–Trinajstić information content (AvgIpc) is 2.69. The van der Waals surface area contributed by atoms with Crippen LogP contribution < -0.4 is 10.0 Å². The number of hydrogen-bond acceptors (Lipinski definition) is 3. The van der Waals surface area contributed by atoms with Crippen LogP contribution in [0.3, 0.4) is 0 Å². The van der Waals surface area contributed by atoms with Crippen LogP contribution in [-0.2, 0) is 10.0 Å². The van der Waals surface area contributed by atoms with Crippen LogP contribution in [-0.4, -0.2) is 20.9 Å². The first kappa shape index (κ1) is 19.2. The van der Waals surface area contributed by atoms with Crippen LogP contribution in [0, 0.1) is 6.92 Å². The Hall–Kier alpha value is -2.60. The van der Waals surface area contributed by atoms with E-state index in [4.69, 9.17) is 0 Å². The molecule has 0 saturated carbocycles. The van der Waals surface area contributed by atoms with E-state index in [1.807, 2.05) is 0 Å². The van der Waals surface area contributed by atoms with Crippen LogP contribution in [0.5, 0.6) is 0 Å². The second kappa shape index (κ2) is 8.39. The molecule has 2 aromatic rings. The van der Waals surface area contributed by atoms with Gasteiger partial charge in [-0.1, -0.05) is 35.9 Å². The van der Waals surface area contributed by atoms with Gasteiger partial charge in [0, 0.05) is 12.1 Å². The van der Waals surface area contributed by atoms with Crippen LogP contribution in [0.1, 0.15) is 41.6 Å². The molecular formula is C21H24N2O3S. The first-order valence-electron chi connectivity index (χ1n) is 9.11. The molecule has 0 spiro atoms. The van der Waals surface area contributed by atoms with Gasteiger partial charge in [0.1, 0.15) is 0 Å². The minimum atomic E-state index is -3.70. The molecule has 1 aliphatic rings. The predicted molar refractivity (Wildman–Crippen MR) is 107 cm³/mol. The maximum Gasteiger partial charge on any atom is 0.261 e. The molecule has 0 aromatic heterocycles. The van der Waals surface area contributed by atoms with Crippen molar-refractivity contribution in [1.29, 1.82) is 0 Å². The first-order valence-corrected chi connectivity index (χ1v) is 10.6. The third-order valence-corrected chi connectivity index (χ3v) is 6.12. The van der Waals surface area contributed by atoms with Crippen LogP contribution in [0.25, 0.3) is 0 Å². The van der Waals surface area contributed by atoms with E-state index in [1.165, 1.54) is 24.1 Å². The highest BCUT2D eigenvalue weighted by atomic mass is 32.2. The highest BCUT2D eigenvalue weighted by Gasteiger charge is 2.18. The van der Waals surface area contributed by atoms with Crippen molar-refractivity contribution in [1.82, 2.24) is 5.32 Å². The number of benzene rings is 2. The van der Waals surface area contributed by atoms with E-state index >= 15 is 0 Å². The number of allylic oxidation sites excluding steroid dienone is 1. The number of carbonyl (C=O) groups is 1. The van der Waals surface area contributed by atoms with E-state index in [0.717, 1.165) is 19.3 Å². The van der Waals surface area contributed by atoms with Gasteiger partial charge in [-0.2, -0.15) is 0 Å². The highest BCUT2D eigenvalue weighted by Crippen LogP contribution is 2.23. The van der Waals surface area contributed by atoms with E-state index in [2.05, 4.69) is 16.1 Å². The molecule has 0 fully saturated rings. The predicted octanol–water partition coefficient (Wildman–Crippen LogP) is 4.03. The molecular weight excluding hydrogens is 360 g/mol.